The molecular formula is C8H8ClF3N4O2. The van der Waals surface area contributed by atoms with E-state index in [9.17, 15) is 22.8 Å². The van der Waals surface area contributed by atoms with E-state index in [0.29, 0.717) is 0 Å². The third-order valence-electron chi connectivity index (χ3n) is 1.77. The molecule has 1 heterocycles. The second-order valence-corrected chi connectivity index (χ2v) is 3.65. The first-order chi connectivity index (χ1) is 8.20. The fourth-order valence-electron chi connectivity index (χ4n) is 1.05. The SMILES string of the molecule is NC(=O)CNc1cnn(CC(F)(F)F)c(=O)c1Cl. The number of primary amides is 1. The van der Waals surface area contributed by atoms with Crippen molar-refractivity contribution < 1.29 is 18.0 Å². The Bertz CT molecular complexity index is 514. The maximum absolute atomic E-state index is 12.1. The normalized spacial score (nSPS) is 11.3. The Morgan fingerprint density at radius 3 is 2.67 bits per heavy atom. The number of carbonyl (C=O) groups is 1. The fraction of sp³-hybridized carbons (Fsp3) is 0.375. The van der Waals surface area contributed by atoms with Crippen LogP contribution in [0.4, 0.5) is 18.9 Å². The molecule has 0 aliphatic carbocycles. The largest absolute Gasteiger partial charge is 0.408 e. The van der Waals surface area contributed by atoms with Crippen molar-refractivity contribution in [2.45, 2.75) is 12.7 Å². The maximum atomic E-state index is 12.1. The summed E-state index contributed by atoms with van der Waals surface area (Å²) in [6, 6.07) is 0. The van der Waals surface area contributed by atoms with E-state index in [1.54, 1.807) is 0 Å². The number of alkyl halides is 3. The molecule has 0 atom stereocenters. The lowest BCUT2D eigenvalue weighted by atomic mass is 10.4. The second-order valence-electron chi connectivity index (χ2n) is 3.27. The van der Waals surface area contributed by atoms with Crippen LogP contribution in [0.5, 0.6) is 0 Å². The number of halogens is 4. The third-order valence-corrected chi connectivity index (χ3v) is 2.13. The number of hydrogen-bond donors (Lipinski definition) is 2. The van der Waals surface area contributed by atoms with Crippen molar-refractivity contribution in [2.24, 2.45) is 5.73 Å². The quantitative estimate of drug-likeness (QED) is 0.835. The first-order valence-corrected chi connectivity index (χ1v) is 4.93. The van der Waals surface area contributed by atoms with Gasteiger partial charge < -0.3 is 11.1 Å². The van der Waals surface area contributed by atoms with Gasteiger partial charge in [-0.15, -0.1) is 0 Å². The minimum absolute atomic E-state index is 0.0566. The molecule has 0 aliphatic heterocycles. The molecule has 18 heavy (non-hydrogen) atoms. The minimum atomic E-state index is -4.58. The predicted octanol–water partition coefficient (Wildman–Crippen LogP) is 0.356. The molecule has 10 heteroatoms. The van der Waals surface area contributed by atoms with Crippen LogP contribution in [0.2, 0.25) is 5.02 Å². The van der Waals surface area contributed by atoms with Gasteiger partial charge in [0.2, 0.25) is 5.91 Å². The van der Waals surface area contributed by atoms with Gasteiger partial charge in [-0.05, 0) is 0 Å². The molecule has 0 fully saturated rings. The summed E-state index contributed by atoms with van der Waals surface area (Å²) in [4.78, 5) is 21.9. The molecular weight excluding hydrogens is 277 g/mol. The van der Waals surface area contributed by atoms with Gasteiger partial charge in [0.15, 0.2) is 0 Å². The molecule has 6 nitrogen and oxygen atoms in total. The van der Waals surface area contributed by atoms with E-state index in [1.807, 2.05) is 0 Å². The summed E-state index contributed by atoms with van der Waals surface area (Å²) >= 11 is 5.56. The van der Waals surface area contributed by atoms with Crippen molar-refractivity contribution in [1.29, 1.82) is 0 Å². The molecule has 0 spiro atoms. The number of nitrogens with zero attached hydrogens (tertiary/aromatic N) is 2. The summed E-state index contributed by atoms with van der Waals surface area (Å²) in [5.41, 5.74) is 3.68. The van der Waals surface area contributed by atoms with Crippen LogP contribution < -0.4 is 16.6 Å². The highest BCUT2D eigenvalue weighted by atomic mass is 35.5. The molecule has 0 aliphatic rings. The number of aromatic nitrogens is 2. The summed E-state index contributed by atoms with van der Waals surface area (Å²) in [6.45, 7) is -1.86. The van der Waals surface area contributed by atoms with Crippen LogP contribution in [0, 0.1) is 0 Å². The zero-order chi connectivity index (χ0) is 13.9. The number of carbonyl (C=O) groups excluding carboxylic acids is 1. The van der Waals surface area contributed by atoms with E-state index in [0.717, 1.165) is 6.20 Å². The number of hydrogen-bond acceptors (Lipinski definition) is 4. The van der Waals surface area contributed by atoms with Crippen molar-refractivity contribution >= 4 is 23.2 Å². The zero-order valence-electron chi connectivity index (χ0n) is 8.79. The van der Waals surface area contributed by atoms with E-state index < -0.39 is 29.2 Å². The van der Waals surface area contributed by atoms with E-state index in [2.05, 4.69) is 10.4 Å². The Morgan fingerprint density at radius 2 is 2.17 bits per heavy atom. The van der Waals surface area contributed by atoms with Gasteiger partial charge in [-0.3, -0.25) is 9.59 Å². The van der Waals surface area contributed by atoms with Gasteiger partial charge in [0.1, 0.15) is 11.6 Å². The Labute approximate surface area is 104 Å². The van der Waals surface area contributed by atoms with E-state index in [4.69, 9.17) is 17.3 Å². The Balaban J connectivity index is 2.98. The lowest BCUT2D eigenvalue weighted by Crippen LogP contribution is -2.31. The molecule has 0 radical (unpaired) electrons. The van der Waals surface area contributed by atoms with Gasteiger partial charge in [-0.2, -0.15) is 18.3 Å². The highest BCUT2D eigenvalue weighted by Crippen LogP contribution is 2.18. The van der Waals surface area contributed by atoms with Crippen LogP contribution in [-0.2, 0) is 11.3 Å². The Kier molecular flexibility index (Phi) is 4.17. The molecule has 3 N–H and O–H groups in total. The van der Waals surface area contributed by atoms with Gasteiger partial charge in [-0.1, -0.05) is 11.6 Å². The second kappa shape index (κ2) is 5.25. The van der Waals surface area contributed by atoms with Crippen molar-refractivity contribution in [3.05, 3.63) is 21.6 Å². The van der Waals surface area contributed by atoms with Gasteiger partial charge in [0.05, 0.1) is 18.4 Å². The molecule has 1 aromatic rings. The first kappa shape index (κ1) is 14.3. The molecule has 0 bridgehead atoms. The van der Waals surface area contributed by atoms with Crippen molar-refractivity contribution in [3.8, 4) is 0 Å². The Hall–Kier alpha value is -1.77. The van der Waals surface area contributed by atoms with E-state index >= 15 is 0 Å². The lowest BCUT2D eigenvalue weighted by molar-refractivity contribution is -0.143. The molecule has 1 rings (SSSR count). The van der Waals surface area contributed by atoms with E-state index in [1.165, 1.54) is 0 Å². The minimum Gasteiger partial charge on any atom is -0.373 e. The average Bonchev–Trinajstić information content (AvgIpc) is 2.22. The summed E-state index contributed by atoms with van der Waals surface area (Å²) in [7, 11) is 0. The van der Waals surface area contributed by atoms with Crippen LogP contribution in [0.3, 0.4) is 0 Å². The number of nitrogens with two attached hydrogens (primary N) is 1. The molecule has 0 saturated heterocycles. The van der Waals surface area contributed by atoms with Gasteiger partial charge in [0, 0.05) is 0 Å². The molecule has 0 unspecified atom stereocenters. The molecule has 1 aromatic heterocycles. The van der Waals surface area contributed by atoms with Crippen molar-refractivity contribution in [2.75, 3.05) is 11.9 Å². The van der Waals surface area contributed by atoms with Crippen LogP contribution in [0.25, 0.3) is 0 Å². The molecule has 0 saturated carbocycles. The zero-order valence-corrected chi connectivity index (χ0v) is 9.55. The number of anilines is 1. The topological polar surface area (TPSA) is 90.0 Å². The van der Waals surface area contributed by atoms with Crippen molar-refractivity contribution in [1.82, 2.24) is 9.78 Å². The van der Waals surface area contributed by atoms with Crippen LogP contribution in [0.1, 0.15) is 0 Å². The lowest BCUT2D eigenvalue weighted by Gasteiger charge is -2.10. The summed E-state index contributed by atoms with van der Waals surface area (Å²) < 4.78 is 36.4. The third kappa shape index (κ3) is 3.91. The molecule has 1 amide bonds. The standard InChI is InChI=1S/C8H8ClF3N4O2/c9-6-4(14-2-5(13)17)1-15-16(7(6)18)3-8(10,11)12/h1,14H,2-3H2,(H2,13,17). The average molecular weight is 285 g/mol. The highest BCUT2D eigenvalue weighted by molar-refractivity contribution is 6.33. The smallest absolute Gasteiger partial charge is 0.373 e. The molecule has 0 aromatic carbocycles. The first-order valence-electron chi connectivity index (χ1n) is 4.55. The Morgan fingerprint density at radius 1 is 1.56 bits per heavy atom. The number of amides is 1. The van der Waals surface area contributed by atoms with Gasteiger partial charge in [-0.25, -0.2) is 4.68 Å². The van der Waals surface area contributed by atoms with Crippen LogP contribution in [0.15, 0.2) is 11.0 Å². The fourth-order valence-corrected chi connectivity index (χ4v) is 1.27. The number of rotatable bonds is 4. The van der Waals surface area contributed by atoms with Crippen LogP contribution in [-0.4, -0.2) is 28.4 Å². The highest BCUT2D eigenvalue weighted by Gasteiger charge is 2.29. The molecule has 100 valence electrons. The van der Waals surface area contributed by atoms with Crippen LogP contribution >= 0.6 is 11.6 Å². The monoisotopic (exact) mass is 284 g/mol. The van der Waals surface area contributed by atoms with Gasteiger partial charge in [0.25, 0.3) is 5.56 Å². The van der Waals surface area contributed by atoms with E-state index in [-0.39, 0.29) is 16.9 Å². The summed E-state index contributed by atoms with van der Waals surface area (Å²) in [5, 5.41) is 5.18. The summed E-state index contributed by atoms with van der Waals surface area (Å²) in [5.74, 6) is -0.717. The predicted molar refractivity (Wildman–Crippen MR) is 57.2 cm³/mol. The maximum Gasteiger partial charge on any atom is 0.408 e. The van der Waals surface area contributed by atoms with Crippen molar-refractivity contribution in [3.63, 3.8) is 0 Å². The number of nitrogens with one attached hydrogen (secondary N) is 1. The summed E-state index contributed by atoms with van der Waals surface area (Å²) in [6.07, 6.45) is -3.67. The van der Waals surface area contributed by atoms with Gasteiger partial charge >= 0.3 is 6.18 Å².